The van der Waals surface area contributed by atoms with Gasteiger partial charge in [-0.3, -0.25) is 4.99 Å². The summed E-state index contributed by atoms with van der Waals surface area (Å²) >= 11 is 1.74. The summed E-state index contributed by atoms with van der Waals surface area (Å²) in [6, 6.07) is 10.3. The summed E-state index contributed by atoms with van der Waals surface area (Å²) < 4.78 is 11.6. The normalized spacial score (nSPS) is 14.5. The van der Waals surface area contributed by atoms with E-state index in [1.807, 2.05) is 6.07 Å². The predicted octanol–water partition coefficient (Wildman–Crippen LogP) is 4.56. The molecule has 27 heavy (non-hydrogen) atoms. The highest BCUT2D eigenvalue weighted by Crippen LogP contribution is 2.32. The molecule has 0 unspecified atom stereocenters. The molecule has 1 saturated carbocycles. The molecular formula is C20H28IN3O2S. The van der Waals surface area contributed by atoms with Crippen LogP contribution in [0.25, 0.3) is 0 Å². The Morgan fingerprint density at radius 2 is 1.93 bits per heavy atom. The Kier molecular flexibility index (Phi) is 9.20. The minimum atomic E-state index is 0. The number of hydrogen-bond acceptors (Lipinski definition) is 4. The average molecular weight is 501 g/mol. The van der Waals surface area contributed by atoms with E-state index in [-0.39, 0.29) is 24.0 Å². The van der Waals surface area contributed by atoms with Crippen LogP contribution in [-0.4, -0.2) is 26.2 Å². The Labute approximate surface area is 182 Å². The largest absolute Gasteiger partial charge is 0.493 e. The van der Waals surface area contributed by atoms with E-state index in [2.05, 4.69) is 45.3 Å². The van der Waals surface area contributed by atoms with Crippen LogP contribution in [0.4, 0.5) is 0 Å². The molecule has 1 aromatic heterocycles. The number of hydrogen-bond donors (Lipinski definition) is 2. The number of thiophene rings is 1. The van der Waals surface area contributed by atoms with E-state index in [0.29, 0.717) is 12.6 Å². The van der Waals surface area contributed by atoms with E-state index in [4.69, 9.17) is 9.47 Å². The number of ether oxygens (including phenoxy) is 2. The second-order valence-electron chi connectivity index (χ2n) is 6.37. The van der Waals surface area contributed by atoms with Crippen molar-refractivity contribution in [1.29, 1.82) is 0 Å². The van der Waals surface area contributed by atoms with Crippen LogP contribution in [0, 0.1) is 0 Å². The smallest absolute Gasteiger partial charge is 0.191 e. The van der Waals surface area contributed by atoms with Gasteiger partial charge < -0.3 is 20.1 Å². The van der Waals surface area contributed by atoms with Crippen molar-refractivity contribution in [3.8, 4) is 11.5 Å². The number of rotatable bonds is 7. The van der Waals surface area contributed by atoms with E-state index in [1.54, 1.807) is 25.5 Å². The number of benzene rings is 1. The van der Waals surface area contributed by atoms with Crippen molar-refractivity contribution in [2.45, 2.75) is 44.9 Å². The van der Waals surface area contributed by atoms with Crippen molar-refractivity contribution in [1.82, 2.24) is 10.6 Å². The lowest BCUT2D eigenvalue weighted by Gasteiger charge is -2.17. The third-order valence-corrected chi connectivity index (χ3v) is 5.39. The zero-order chi connectivity index (χ0) is 18.2. The Balaban J connectivity index is 0.00000261. The van der Waals surface area contributed by atoms with Crippen LogP contribution < -0.4 is 20.1 Å². The fourth-order valence-electron chi connectivity index (χ4n) is 3.10. The summed E-state index contributed by atoms with van der Waals surface area (Å²) in [5, 5.41) is 8.76. The summed E-state index contributed by atoms with van der Waals surface area (Å²) in [5.41, 5.74) is 1.14. The number of nitrogens with one attached hydrogen (secondary N) is 2. The van der Waals surface area contributed by atoms with Gasteiger partial charge in [0, 0.05) is 18.5 Å². The standard InChI is InChI=1S/C20H27N3O2S.HI/c1-21-20(23-14-17-8-5-11-26-17)22-13-15-9-10-18(24-2)19(12-15)25-16-6-3-4-7-16;/h5,8-12,16H,3-4,6-7,13-14H2,1-2H3,(H2,21,22,23);1H. The first-order valence-electron chi connectivity index (χ1n) is 9.09. The highest BCUT2D eigenvalue weighted by atomic mass is 127. The van der Waals surface area contributed by atoms with Gasteiger partial charge in [0.25, 0.3) is 0 Å². The molecule has 3 rings (SSSR count). The quantitative estimate of drug-likeness (QED) is 0.332. The van der Waals surface area contributed by atoms with Gasteiger partial charge in [0.2, 0.25) is 0 Å². The summed E-state index contributed by atoms with van der Waals surface area (Å²) in [6.07, 6.45) is 5.07. The van der Waals surface area contributed by atoms with Crippen LogP contribution >= 0.6 is 35.3 Å². The summed E-state index contributed by atoms with van der Waals surface area (Å²) in [4.78, 5) is 5.57. The maximum absolute atomic E-state index is 6.17. The van der Waals surface area contributed by atoms with Gasteiger partial charge in [0.05, 0.1) is 19.8 Å². The molecular weight excluding hydrogens is 473 g/mol. The molecule has 0 spiro atoms. The Morgan fingerprint density at radius 1 is 1.15 bits per heavy atom. The van der Waals surface area contributed by atoms with Crippen LogP contribution in [0.15, 0.2) is 40.7 Å². The third kappa shape index (κ3) is 6.57. The van der Waals surface area contributed by atoms with Crippen LogP contribution in [0.3, 0.4) is 0 Å². The van der Waals surface area contributed by atoms with Crippen molar-refractivity contribution < 1.29 is 9.47 Å². The second-order valence-corrected chi connectivity index (χ2v) is 7.40. The lowest BCUT2D eigenvalue weighted by molar-refractivity contribution is 0.200. The topological polar surface area (TPSA) is 54.9 Å². The third-order valence-electron chi connectivity index (χ3n) is 4.52. The summed E-state index contributed by atoms with van der Waals surface area (Å²) in [5.74, 6) is 2.41. The van der Waals surface area contributed by atoms with Gasteiger partial charge in [-0.15, -0.1) is 35.3 Å². The molecule has 0 radical (unpaired) electrons. The van der Waals surface area contributed by atoms with E-state index in [0.717, 1.165) is 42.4 Å². The molecule has 1 heterocycles. The van der Waals surface area contributed by atoms with Crippen LogP contribution in [0.2, 0.25) is 0 Å². The first-order chi connectivity index (χ1) is 12.8. The first kappa shape index (κ1) is 21.8. The lowest BCUT2D eigenvalue weighted by atomic mass is 10.2. The SMILES string of the molecule is CN=C(NCc1ccc(OC)c(OC2CCCC2)c1)NCc1cccs1.I. The second kappa shape index (κ2) is 11.4. The average Bonchev–Trinajstić information content (AvgIpc) is 3.36. The van der Waals surface area contributed by atoms with Gasteiger partial charge in [0.15, 0.2) is 17.5 Å². The summed E-state index contributed by atoms with van der Waals surface area (Å²) in [7, 11) is 3.47. The molecule has 2 N–H and O–H groups in total. The minimum absolute atomic E-state index is 0. The van der Waals surface area contributed by atoms with E-state index < -0.39 is 0 Å². The number of aliphatic imine (C=N–C) groups is 1. The molecule has 1 aromatic carbocycles. The van der Waals surface area contributed by atoms with Gasteiger partial charge in [-0.2, -0.15) is 0 Å². The molecule has 148 valence electrons. The molecule has 7 heteroatoms. The van der Waals surface area contributed by atoms with Crippen molar-refractivity contribution in [2.24, 2.45) is 4.99 Å². The molecule has 0 aliphatic heterocycles. The number of guanidine groups is 1. The summed E-state index contributed by atoms with van der Waals surface area (Å²) in [6.45, 7) is 1.45. The minimum Gasteiger partial charge on any atom is -0.493 e. The highest BCUT2D eigenvalue weighted by molar-refractivity contribution is 14.0. The molecule has 5 nitrogen and oxygen atoms in total. The van der Waals surface area contributed by atoms with Gasteiger partial charge in [-0.05, 0) is 54.8 Å². The van der Waals surface area contributed by atoms with E-state index >= 15 is 0 Å². The predicted molar refractivity (Wildman–Crippen MR) is 123 cm³/mol. The molecule has 1 fully saturated rings. The first-order valence-corrected chi connectivity index (χ1v) is 9.97. The fourth-order valence-corrected chi connectivity index (χ4v) is 3.74. The maximum Gasteiger partial charge on any atom is 0.191 e. The molecule has 2 aromatic rings. The number of methoxy groups -OCH3 is 1. The Hall–Kier alpha value is -1.48. The van der Waals surface area contributed by atoms with E-state index in [9.17, 15) is 0 Å². The molecule has 0 bridgehead atoms. The Morgan fingerprint density at radius 3 is 2.59 bits per heavy atom. The van der Waals surface area contributed by atoms with Gasteiger partial charge in [-0.1, -0.05) is 12.1 Å². The van der Waals surface area contributed by atoms with Gasteiger partial charge in [0.1, 0.15) is 0 Å². The van der Waals surface area contributed by atoms with Crippen molar-refractivity contribution in [3.63, 3.8) is 0 Å². The van der Waals surface area contributed by atoms with Crippen LogP contribution in [-0.2, 0) is 13.1 Å². The highest BCUT2D eigenvalue weighted by Gasteiger charge is 2.18. The molecule has 1 aliphatic carbocycles. The van der Waals surface area contributed by atoms with Crippen molar-refractivity contribution in [3.05, 3.63) is 46.2 Å². The number of nitrogens with zero attached hydrogens (tertiary/aromatic N) is 1. The zero-order valence-corrected chi connectivity index (χ0v) is 19.0. The van der Waals surface area contributed by atoms with Crippen molar-refractivity contribution in [2.75, 3.05) is 14.2 Å². The number of halogens is 1. The van der Waals surface area contributed by atoms with Gasteiger partial charge in [-0.25, -0.2) is 0 Å². The maximum atomic E-state index is 6.17. The molecule has 1 aliphatic rings. The monoisotopic (exact) mass is 501 g/mol. The molecule has 0 atom stereocenters. The lowest BCUT2D eigenvalue weighted by Crippen LogP contribution is -2.36. The zero-order valence-electron chi connectivity index (χ0n) is 15.9. The molecule has 0 saturated heterocycles. The van der Waals surface area contributed by atoms with Gasteiger partial charge >= 0.3 is 0 Å². The fraction of sp³-hybridized carbons (Fsp3) is 0.450. The van der Waals surface area contributed by atoms with Crippen molar-refractivity contribution >= 4 is 41.3 Å². The Bertz CT molecular complexity index is 716. The van der Waals surface area contributed by atoms with E-state index in [1.165, 1.54) is 17.7 Å². The molecule has 0 amide bonds. The van der Waals surface area contributed by atoms with Crippen LogP contribution in [0.1, 0.15) is 36.1 Å². The van der Waals surface area contributed by atoms with Crippen LogP contribution in [0.5, 0.6) is 11.5 Å².